The Hall–Kier alpha value is -2.06. The van der Waals surface area contributed by atoms with Gasteiger partial charge >= 0.3 is 12.3 Å². The van der Waals surface area contributed by atoms with Crippen molar-refractivity contribution in [3.63, 3.8) is 0 Å². The topological polar surface area (TPSA) is 74.2 Å². The molecule has 0 saturated heterocycles. The van der Waals surface area contributed by atoms with Crippen LogP contribution in [0.1, 0.15) is 24.8 Å². The zero-order valence-corrected chi connectivity index (χ0v) is 10.7. The Bertz CT molecular complexity index is 536. The molecule has 0 aromatic carbocycles. The second-order valence-electron chi connectivity index (χ2n) is 4.79. The third-order valence-electron chi connectivity index (χ3n) is 3.32. The summed E-state index contributed by atoms with van der Waals surface area (Å²) in [6.07, 6.45) is -3.44. The molecule has 1 aliphatic carbocycles. The van der Waals surface area contributed by atoms with Gasteiger partial charge in [0.15, 0.2) is 11.6 Å². The van der Waals surface area contributed by atoms with Crippen LogP contribution in [0.5, 0.6) is 0 Å². The van der Waals surface area contributed by atoms with Crippen molar-refractivity contribution < 1.29 is 27.5 Å². The lowest BCUT2D eigenvalue weighted by atomic mass is 10.1. The lowest BCUT2D eigenvalue weighted by Crippen LogP contribution is -2.42. The minimum atomic E-state index is -4.66. The lowest BCUT2D eigenvalue weighted by molar-refractivity contribution is -0.138. The maximum atomic E-state index is 13.7. The fraction of sp³-hybridized carbons (Fsp3) is 0.500. The monoisotopic (exact) mass is 307 g/mol. The van der Waals surface area contributed by atoms with E-state index in [-0.39, 0.29) is 5.82 Å². The molecule has 0 unspecified atom stereocenters. The van der Waals surface area contributed by atoms with Crippen molar-refractivity contribution in [3.8, 4) is 0 Å². The smallest absolute Gasteiger partial charge is 0.417 e. The molecule has 0 radical (unpaired) electrons. The van der Waals surface area contributed by atoms with Crippen LogP contribution in [-0.4, -0.2) is 28.3 Å². The Morgan fingerprint density at radius 1 is 1.33 bits per heavy atom. The van der Waals surface area contributed by atoms with Crippen molar-refractivity contribution >= 4 is 11.9 Å². The number of nitrogens with one attached hydrogen (secondary N) is 2. The van der Waals surface area contributed by atoms with Crippen LogP contribution in [0.25, 0.3) is 0 Å². The zero-order valence-electron chi connectivity index (χ0n) is 10.7. The number of aromatic nitrogens is 1. The van der Waals surface area contributed by atoms with E-state index in [0.29, 0.717) is 25.1 Å². The molecule has 1 aromatic heterocycles. The van der Waals surface area contributed by atoms with Crippen molar-refractivity contribution in [3.05, 3.63) is 23.6 Å². The molecule has 1 heterocycles. The number of halogens is 4. The maximum Gasteiger partial charge on any atom is 0.417 e. The number of pyridine rings is 1. The molecular formula is C12H13F4N3O2. The van der Waals surface area contributed by atoms with Gasteiger partial charge in [-0.25, -0.2) is 14.2 Å². The van der Waals surface area contributed by atoms with E-state index in [9.17, 15) is 22.4 Å². The van der Waals surface area contributed by atoms with Crippen LogP contribution >= 0.6 is 0 Å². The van der Waals surface area contributed by atoms with E-state index in [2.05, 4.69) is 15.6 Å². The van der Waals surface area contributed by atoms with Gasteiger partial charge in [-0.1, -0.05) is 0 Å². The highest BCUT2D eigenvalue weighted by Crippen LogP contribution is 2.31. The number of alkyl halides is 3. The highest BCUT2D eigenvalue weighted by Gasteiger charge is 2.33. The molecule has 1 aliphatic rings. The van der Waals surface area contributed by atoms with E-state index in [1.807, 2.05) is 0 Å². The van der Waals surface area contributed by atoms with Gasteiger partial charge in [-0.05, 0) is 25.3 Å². The highest BCUT2D eigenvalue weighted by atomic mass is 19.4. The van der Waals surface area contributed by atoms with E-state index in [0.717, 1.165) is 6.42 Å². The van der Waals surface area contributed by atoms with Crippen molar-refractivity contribution in [2.24, 2.45) is 0 Å². The second-order valence-corrected chi connectivity index (χ2v) is 4.79. The van der Waals surface area contributed by atoms with Crippen LogP contribution in [0.3, 0.4) is 0 Å². The first kappa shape index (κ1) is 15.3. The highest BCUT2D eigenvalue weighted by molar-refractivity contribution is 5.65. The van der Waals surface area contributed by atoms with Gasteiger partial charge < -0.3 is 15.7 Å². The average molecular weight is 307 g/mol. The molecule has 3 N–H and O–H groups in total. The summed E-state index contributed by atoms with van der Waals surface area (Å²) in [5.74, 6) is -1.43. The molecule has 1 aromatic rings. The number of hydrogen-bond donors (Lipinski definition) is 3. The number of nitrogens with zero attached hydrogens (tertiary/aromatic N) is 1. The summed E-state index contributed by atoms with van der Waals surface area (Å²) in [4.78, 5) is 14.1. The van der Waals surface area contributed by atoms with E-state index < -0.39 is 35.7 Å². The van der Waals surface area contributed by atoms with Crippen molar-refractivity contribution in [1.82, 2.24) is 10.3 Å². The standard InChI is InChI=1S/C12H13F4N3O2/c13-7-4-6(12(14,15)16)5-17-10(7)18-8-2-1-3-9(8)19-11(20)21/h4-5,8-9,19H,1-3H2,(H,17,18)(H,20,21)/t8-,9-/m0/s1. The Kier molecular flexibility index (Phi) is 4.19. The number of anilines is 1. The molecule has 0 spiro atoms. The first-order chi connectivity index (χ1) is 9.77. The van der Waals surface area contributed by atoms with Gasteiger partial charge in [0, 0.05) is 12.2 Å². The molecule has 116 valence electrons. The van der Waals surface area contributed by atoms with Gasteiger partial charge in [0.1, 0.15) is 0 Å². The van der Waals surface area contributed by atoms with E-state index in [4.69, 9.17) is 5.11 Å². The van der Waals surface area contributed by atoms with Crippen molar-refractivity contribution in [1.29, 1.82) is 0 Å². The third kappa shape index (κ3) is 3.73. The predicted octanol–water partition coefficient (Wildman–Crippen LogP) is 2.84. The summed E-state index contributed by atoms with van der Waals surface area (Å²) in [5, 5.41) is 13.6. The Balaban J connectivity index is 2.11. The Morgan fingerprint density at radius 3 is 2.57 bits per heavy atom. The van der Waals surface area contributed by atoms with Gasteiger partial charge in [-0.15, -0.1) is 0 Å². The fourth-order valence-corrected chi connectivity index (χ4v) is 2.34. The Labute approximate surface area is 117 Å². The van der Waals surface area contributed by atoms with E-state index in [1.165, 1.54) is 0 Å². The van der Waals surface area contributed by atoms with Crippen LogP contribution < -0.4 is 10.6 Å². The van der Waals surface area contributed by atoms with Crippen LogP contribution in [0.15, 0.2) is 12.3 Å². The molecule has 2 rings (SSSR count). The molecular weight excluding hydrogens is 294 g/mol. The van der Waals surface area contributed by atoms with E-state index in [1.54, 1.807) is 0 Å². The summed E-state index contributed by atoms with van der Waals surface area (Å²) in [5.41, 5.74) is -1.17. The predicted molar refractivity (Wildman–Crippen MR) is 65.4 cm³/mol. The van der Waals surface area contributed by atoms with Crippen LogP contribution in [0.4, 0.5) is 28.2 Å². The van der Waals surface area contributed by atoms with Gasteiger partial charge in [-0.3, -0.25) is 0 Å². The number of amides is 1. The minimum absolute atomic E-state index is 0.313. The van der Waals surface area contributed by atoms with Crippen LogP contribution in [-0.2, 0) is 6.18 Å². The SMILES string of the molecule is O=C(O)N[C@H]1CCC[C@@H]1Nc1ncc(C(F)(F)F)cc1F. The first-order valence-corrected chi connectivity index (χ1v) is 6.26. The Morgan fingerprint density at radius 2 is 2.00 bits per heavy atom. The first-order valence-electron chi connectivity index (χ1n) is 6.26. The van der Waals surface area contributed by atoms with Crippen LogP contribution in [0.2, 0.25) is 0 Å². The minimum Gasteiger partial charge on any atom is -0.465 e. The number of rotatable bonds is 3. The number of hydrogen-bond acceptors (Lipinski definition) is 3. The second kappa shape index (κ2) is 5.74. The third-order valence-corrected chi connectivity index (χ3v) is 3.32. The van der Waals surface area contributed by atoms with Crippen molar-refractivity contribution in [2.75, 3.05) is 5.32 Å². The number of carbonyl (C=O) groups is 1. The van der Waals surface area contributed by atoms with Gasteiger partial charge in [0.2, 0.25) is 0 Å². The van der Waals surface area contributed by atoms with Gasteiger partial charge in [0.25, 0.3) is 0 Å². The molecule has 1 amide bonds. The zero-order chi connectivity index (χ0) is 15.6. The fourth-order valence-electron chi connectivity index (χ4n) is 2.34. The molecule has 21 heavy (non-hydrogen) atoms. The van der Waals surface area contributed by atoms with E-state index >= 15 is 0 Å². The molecule has 1 fully saturated rings. The quantitative estimate of drug-likeness (QED) is 0.751. The van der Waals surface area contributed by atoms with Crippen LogP contribution in [0, 0.1) is 5.82 Å². The van der Waals surface area contributed by atoms with Gasteiger partial charge in [0.05, 0.1) is 11.6 Å². The molecule has 0 aliphatic heterocycles. The molecule has 1 saturated carbocycles. The lowest BCUT2D eigenvalue weighted by Gasteiger charge is -2.21. The average Bonchev–Trinajstić information content (AvgIpc) is 2.77. The normalized spacial score (nSPS) is 22.1. The number of carboxylic acid groups (broad SMARTS) is 1. The molecule has 2 atom stereocenters. The van der Waals surface area contributed by atoms with Gasteiger partial charge in [-0.2, -0.15) is 13.2 Å². The molecule has 9 heteroatoms. The largest absolute Gasteiger partial charge is 0.465 e. The summed E-state index contributed by atoms with van der Waals surface area (Å²) in [6, 6.07) is -0.463. The van der Waals surface area contributed by atoms with Crippen molar-refractivity contribution in [2.45, 2.75) is 37.5 Å². The summed E-state index contributed by atoms with van der Waals surface area (Å²) < 4.78 is 50.9. The summed E-state index contributed by atoms with van der Waals surface area (Å²) >= 11 is 0. The molecule has 0 bridgehead atoms. The summed E-state index contributed by atoms with van der Waals surface area (Å²) in [6.45, 7) is 0. The summed E-state index contributed by atoms with van der Waals surface area (Å²) in [7, 11) is 0. The maximum absolute atomic E-state index is 13.7. The molecule has 5 nitrogen and oxygen atoms in total.